The van der Waals surface area contributed by atoms with Crippen LogP contribution in [-0.2, 0) is 4.79 Å². The summed E-state index contributed by atoms with van der Waals surface area (Å²) in [6.07, 6.45) is 1.76. The minimum absolute atomic E-state index is 0.187. The molecule has 3 rings (SSSR count). The summed E-state index contributed by atoms with van der Waals surface area (Å²) < 4.78 is 10.9. The van der Waals surface area contributed by atoms with E-state index in [-0.39, 0.29) is 24.3 Å². The lowest BCUT2D eigenvalue weighted by atomic mass is 10.0. The first-order valence-corrected chi connectivity index (χ1v) is 9.92. The van der Waals surface area contributed by atoms with Gasteiger partial charge in [0.05, 0.1) is 18.6 Å². The topological polar surface area (TPSA) is 55.8 Å². The van der Waals surface area contributed by atoms with Gasteiger partial charge in [0.25, 0.3) is 11.1 Å². The van der Waals surface area contributed by atoms with Crippen LogP contribution in [0, 0.1) is 0 Å². The summed E-state index contributed by atoms with van der Waals surface area (Å²) in [4.78, 5) is 26.5. The summed E-state index contributed by atoms with van der Waals surface area (Å²) in [6, 6.07) is 15.3. The number of para-hydroxylation sites is 2. The number of ether oxygens (including phenoxy) is 2. The number of amides is 2. The third kappa shape index (κ3) is 4.57. The summed E-state index contributed by atoms with van der Waals surface area (Å²) in [5.74, 6) is 1.36. The molecule has 0 aromatic heterocycles. The maximum atomic E-state index is 12.6. The number of nitrogens with zero attached hydrogens (tertiary/aromatic N) is 1. The smallest absolute Gasteiger partial charge is 0.293 e. The second kappa shape index (κ2) is 8.97. The van der Waals surface area contributed by atoms with Gasteiger partial charge in [-0.25, -0.2) is 0 Å². The normalized spacial score (nSPS) is 15.6. The summed E-state index contributed by atoms with van der Waals surface area (Å²) in [5.41, 5.74) is 2.14. The Morgan fingerprint density at radius 1 is 1.04 bits per heavy atom. The highest BCUT2D eigenvalue weighted by atomic mass is 32.2. The quantitative estimate of drug-likeness (QED) is 0.620. The molecule has 0 bridgehead atoms. The van der Waals surface area contributed by atoms with E-state index in [2.05, 4.69) is 13.8 Å². The van der Waals surface area contributed by atoms with Crippen LogP contribution < -0.4 is 9.47 Å². The first-order valence-electron chi connectivity index (χ1n) is 9.10. The van der Waals surface area contributed by atoms with Crippen LogP contribution in [0.4, 0.5) is 4.79 Å². The van der Waals surface area contributed by atoms with E-state index in [0.717, 1.165) is 17.3 Å². The average Bonchev–Trinajstić information content (AvgIpc) is 2.96. The van der Waals surface area contributed by atoms with E-state index in [0.29, 0.717) is 22.3 Å². The Morgan fingerprint density at radius 2 is 1.71 bits per heavy atom. The number of benzene rings is 2. The lowest BCUT2D eigenvalue weighted by Crippen LogP contribution is -2.32. The molecule has 0 spiro atoms. The van der Waals surface area contributed by atoms with E-state index >= 15 is 0 Å². The summed E-state index contributed by atoms with van der Waals surface area (Å²) >= 11 is 0.959. The number of rotatable bonds is 7. The van der Waals surface area contributed by atoms with E-state index < -0.39 is 0 Å². The molecule has 0 N–H and O–H groups in total. The second-order valence-corrected chi connectivity index (χ2v) is 7.65. The maximum Gasteiger partial charge on any atom is 0.293 e. The summed E-state index contributed by atoms with van der Waals surface area (Å²) in [7, 11) is 1.57. The van der Waals surface area contributed by atoms with Gasteiger partial charge < -0.3 is 9.47 Å². The highest BCUT2D eigenvalue weighted by Crippen LogP contribution is 2.32. The zero-order valence-electron chi connectivity index (χ0n) is 16.2. The molecular formula is C22H23NO4S. The number of hydrogen-bond acceptors (Lipinski definition) is 5. The van der Waals surface area contributed by atoms with E-state index in [9.17, 15) is 9.59 Å². The van der Waals surface area contributed by atoms with Crippen LogP contribution >= 0.6 is 11.8 Å². The molecule has 0 unspecified atom stereocenters. The standard InChI is InChI=1S/C22H23NO4S/c1-15(2)17-10-8-16(9-11-17)14-20-21(24)23(22(25)28-20)12-13-27-19-7-5-4-6-18(19)26-3/h4-11,14-15H,12-13H2,1-3H3/b20-14-. The molecule has 0 atom stereocenters. The zero-order valence-corrected chi connectivity index (χ0v) is 17.0. The molecular weight excluding hydrogens is 374 g/mol. The van der Waals surface area contributed by atoms with Crippen molar-refractivity contribution < 1.29 is 19.1 Å². The molecule has 0 radical (unpaired) electrons. The molecule has 146 valence electrons. The Labute approximate surface area is 169 Å². The van der Waals surface area contributed by atoms with Crippen molar-refractivity contribution in [2.24, 2.45) is 0 Å². The van der Waals surface area contributed by atoms with Crippen molar-refractivity contribution in [3.05, 3.63) is 64.6 Å². The van der Waals surface area contributed by atoms with Gasteiger partial charge in [-0.2, -0.15) is 0 Å². The molecule has 1 heterocycles. The van der Waals surface area contributed by atoms with Crippen LogP contribution in [0.3, 0.4) is 0 Å². The molecule has 6 heteroatoms. The Kier molecular flexibility index (Phi) is 6.41. The Morgan fingerprint density at radius 3 is 2.36 bits per heavy atom. The van der Waals surface area contributed by atoms with Crippen molar-refractivity contribution in [2.75, 3.05) is 20.3 Å². The summed E-state index contributed by atoms with van der Waals surface area (Å²) in [5, 5.41) is -0.279. The van der Waals surface area contributed by atoms with Crippen molar-refractivity contribution in [1.82, 2.24) is 4.90 Å². The predicted molar refractivity (Wildman–Crippen MR) is 112 cm³/mol. The van der Waals surface area contributed by atoms with E-state index in [4.69, 9.17) is 9.47 Å². The van der Waals surface area contributed by atoms with Gasteiger partial charge in [0.2, 0.25) is 0 Å². The third-order valence-corrected chi connectivity index (χ3v) is 5.32. The minimum atomic E-state index is -0.286. The largest absolute Gasteiger partial charge is 0.493 e. The van der Waals surface area contributed by atoms with Crippen molar-refractivity contribution >= 4 is 29.0 Å². The van der Waals surface area contributed by atoms with Crippen molar-refractivity contribution in [3.8, 4) is 11.5 Å². The molecule has 1 aliphatic heterocycles. The first-order chi connectivity index (χ1) is 13.5. The number of hydrogen-bond donors (Lipinski definition) is 0. The van der Waals surface area contributed by atoms with Crippen molar-refractivity contribution in [2.45, 2.75) is 19.8 Å². The van der Waals surface area contributed by atoms with Crippen molar-refractivity contribution in [3.63, 3.8) is 0 Å². The minimum Gasteiger partial charge on any atom is -0.493 e. The molecule has 1 fully saturated rings. The Balaban J connectivity index is 1.63. The Hall–Kier alpha value is -2.73. The predicted octanol–water partition coefficient (Wildman–Crippen LogP) is 4.93. The maximum absolute atomic E-state index is 12.6. The van der Waals surface area contributed by atoms with Gasteiger partial charge in [0.1, 0.15) is 6.61 Å². The van der Waals surface area contributed by atoms with Gasteiger partial charge in [-0.15, -0.1) is 0 Å². The molecule has 1 saturated heterocycles. The third-order valence-electron chi connectivity index (χ3n) is 4.42. The molecule has 2 aromatic carbocycles. The van der Waals surface area contributed by atoms with Gasteiger partial charge in [0, 0.05) is 0 Å². The van der Waals surface area contributed by atoms with Gasteiger partial charge in [-0.1, -0.05) is 50.2 Å². The molecule has 2 aromatic rings. The fourth-order valence-corrected chi connectivity index (χ4v) is 3.67. The number of carbonyl (C=O) groups excluding carboxylic acids is 2. The molecule has 1 aliphatic rings. The number of thioether (sulfide) groups is 1. The van der Waals surface area contributed by atoms with Crippen LogP contribution in [-0.4, -0.2) is 36.3 Å². The lowest BCUT2D eigenvalue weighted by Gasteiger charge is -2.14. The monoisotopic (exact) mass is 397 g/mol. The first kappa shape index (κ1) is 20.0. The Bertz CT molecular complexity index is 890. The van der Waals surface area contributed by atoms with Gasteiger partial charge in [0.15, 0.2) is 11.5 Å². The molecule has 0 aliphatic carbocycles. The van der Waals surface area contributed by atoms with Gasteiger partial charge in [-0.05, 0) is 47.0 Å². The number of imide groups is 1. The SMILES string of the molecule is COc1ccccc1OCCN1C(=O)S/C(=C\c2ccc(C(C)C)cc2)C1=O. The number of methoxy groups -OCH3 is 1. The van der Waals surface area contributed by atoms with Crippen LogP contribution in [0.1, 0.15) is 30.9 Å². The van der Waals surface area contributed by atoms with E-state index in [1.54, 1.807) is 25.3 Å². The van der Waals surface area contributed by atoms with Gasteiger partial charge >= 0.3 is 0 Å². The van der Waals surface area contributed by atoms with Crippen molar-refractivity contribution in [1.29, 1.82) is 0 Å². The van der Waals surface area contributed by atoms with Crippen LogP contribution in [0.25, 0.3) is 6.08 Å². The van der Waals surface area contributed by atoms with Crippen LogP contribution in [0.2, 0.25) is 0 Å². The molecule has 2 amide bonds. The molecule has 5 nitrogen and oxygen atoms in total. The summed E-state index contributed by atoms with van der Waals surface area (Å²) in [6.45, 7) is 4.65. The van der Waals surface area contributed by atoms with Crippen LogP contribution in [0.15, 0.2) is 53.4 Å². The highest BCUT2D eigenvalue weighted by molar-refractivity contribution is 8.18. The average molecular weight is 397 g/mol. The van der Waals surface area contributed by atoms with E-state index in [1.165, 1.54) is 10.5 Å². The molecule has 28 heavy (non-hydrogen) atoms. The highest BCUT2D eigenvalue weighted by Gasteiger charge is 2.34. The lowest BCUT2D eigenvalue weighted by molar-refractivity contribution is -0.123. The second-order valence-electron chi connectivity index (χ2n) is 6.65. The number of carbonyl (C=O) groups is 2. The van der Waals surface area contributed by atoms with Crippen LogP contribution in [0.5, 0.6) is 11.5 Å². The van der Waals surface area contributed by atoms with Gasteiger partial charge in [-0.3, -0.25) is 14.5 Å². The van der Waals surface area contributed by atoms with E-state index in [1.807, 2.05) is 36.4 Å². The molecule has 0 saturated carbocycles. The fourth-order valence-electron chi connectivity index (χ4n) is 2.81. The zero-order chi connectivity index (χ0) is 20.1. The fraction of sp³-hybridized carbons (Fsp3) is 0.273.